The third-order valence-electron chi connectivity index (χ3n) is 4.40. The summed E-state index contributed by atoms with van der Waals surface area (Å²) in [6.45, 7) is 5.94. The molecular weight excluding hydrogens is 214 g/mol. The van der Waals surface area contributed by atoms with Crippen molar-refractivity contribution in [1.29, 1.82) is 0 Å². The van der Waals surface area contributed by atoms with Crippen molar-refractivity contribution in [3.05, 3.63) is 0 Å². The fourth-order valence-electron chi connectivity index (χ4n) is 3.31. The van der Waals surface area contributed by atoms with Crippen molar-refractivity contribution in [3.63, 3.8) is 0 Å². The molecule has 0 amide bonds. The molecule has 17 heavy (non-hydrogen) atoms. The maximum Gasteiger partial charge on any atom is 0.145 e. The average Bonchev–Trinajstić information content (AvgIpc) is 2.27. The van der Waals surface area contributed by atoms with E-state index in [2.05, 4.69) is 11.9 Å². The monoisotopic (exact) mass is 237 g/mol. The predicted molar refractivity (Wildman–Crippen MR) is 66.7 cm³/mol. The molecule has 0 N–H and O–H groups in total. The van der Waals surface area contributed by atoms with E-state index in [1.807, 2.05) is 13.8 Å². The van der Waals surface area contributed by atoms with Crippen LogP contribution in [0.25, 0.3) is 0 Å². The predicted octanol–water partition coefficient (Wildman–Crippen LogP) is 1.76. The van der Waals surface area contributed by atoms with Crippen molar-refractivity contribution >= 4 is 11.6 Å². The smallest absolute Gasteiger partial charge is 0.145 e. The molecule has 1 aliphatic heterocycles. The van der Waals surface area contributed by atoms with Crippen molar-refractivity contribution in [3.8, 4) is 0 Å². The van der Waals surface area contributed by atoms with Gasteiger partial charge in [0.1, 0.15) is 11.6 Å². The molecule has 1 aliphatic carbocycles. The number of hydrogen-bond donors (Lipinski definition) is 0. The highest BCUT2D eigenvalue weighted by Gasteiger charge is 2.41. The van der Waals surface area contributed by atoms with Gasteiger partial charge in [0.2, 0.25) is 0 Å². The molecule has 2 rings (SSSR count). The number of fused-ring (bicyclic) bond motifs is 1. The van der Waals surface area contributed by atoms with E-state index >= 15 is 0 Å². The Morgan fingerprint density at radius 1 is 1.35 bits per heavy atom. The van der Waals surface area contributed by atoms with E-state index in [0.29, 0.717) is 18.3 Å². The SMILES string of the molecule is CC(C)C(=O)C1C[C@@H]2CN(C)CC[C@H]2CC1=O. The summed E-state index contributed by atoms with van der Waals surface area (Å²) in [5.41, 5.74) is 0. The Hall–Kier alpha value is -0.700. The summed E-state index contributed by atoms with van der Waals surface area (Å²) in [7, 11) is 2.13. The lowest BCUT2D eigenvalue weighted by molar-refractivity contribution is -0.139. The Balaban J connectivity index is 2.07. The second kappa shape index (κ2) is 4.89. The third kappa shape index (κ3) is 2.59. The molecule has 2 aliphatic rings. The maximum atomic E-state index is 12.0. The second-order valence-electron chi connectivity index (χ2n) is 6.09. The first-order chi connectivity index (χ1) is 7.99. The van der Waals surface area contributed by atoms with Gasteiger partial charge in [0.25, 0.3) is 0 Å². The first-order valence-electron chi connectivity index (χ1n) is 6.74. The number of nitrogens with zero attached hydrogens (tertiary/aromatic N) is 1. The molecule has 1 saturated heterocycles. The molecule has 3 atom stereocenters. The van der Waals surface area contributed by atoms with Crippen LogP contribution in [0.5, 0.6) is 0 Å². The summed E-state index contributed by atoms with van der Waals surface area (Å²) >= 11 is 0. The molecular formula is C14H23NO2. The molecule has 1 saturated carbocycles. The van der Waals surface area contributed by atoms with Gasteiger partial charge in [-0.2, -0.15) is 0 Å². The van der Waals surface area contributed by atoms with Crippen LogP contribution in [0.3, 0.4) is 0 Å². The van der Waals surface area contributed by atoms with Crippen molar-refractivity contribution < 1.29 is 9.59 Å². The molecule has 1 heterocycles. The molecule has 3 nitrogen and oxygen atoms in total. The molecule has 0 radical (unpaired) electrons. The second-order valence-corrected chi connectivity index (χ2v) is 6.09. The molecule has 0 aromatic heterocycles. The van der Waals surface area contributed by atoms with E-state index in [-0.39, 0.29) is 23.4 Å². The zero-order chi connectivity index (χ0) is 12.6. The zero-order valence-corrected chi connectivity index (χ0v) is 11.1. The average molecular weight is 237 g/mol. The van der Waals surface area contributed by atoms with Gasteiger partial charge < -0.3 is 4.90 Å². The Morgan fingerprint density at radius 3 is 2.71 bits per heavy atom. The van der Waals surface area contributed by atoms with Gasteiger partial charge in [-0.15, -0.1) is 0 Å². The number of piperidine rings is 1. The maximum absolute atomic E-state index is 12.0. The number of rotatable bonds is 2. The summed E-state index contributed by atoms with van der Waals surface area (Å²) in [4.78, 5) is 26.4. The summed E-state index contributed by atoms with van der Waals surface area (Å²) in [6.07, 6.45) is 2.56. The molecule has 0 aromatic carbocycles. The highest BCUT2D eigenvalue weighted by atomic mass is 16.2. The largest absolute Gasteiger partial charge is 0.306 e. The Morgan fingerprint density at radius 2 is 2.06 bits per heavy atom. The fraction of sp³-hybridized carbons (Fsp3) is 0.857. The lowest BCUT2D eigenvalue weighted by Gasteiger charge is -2.41. The number of hydrogen-bond acceptors (Lipinski definition) is 3. The molecule has 3 heteroatoms. The van der Waals surface area contributed by atoms with Crippen molar-refractivity contribution in [1.82, 2.24) is 4.90 Å². The quantitative estimate of drug-likeness (QED) is 0.687. The first-order valence-corrected chi connectivity index (χ1v) is 6.74. The van der Waals surface area contributed by atoms with Crippen LogP contribution in [0.2, 0.25) is 0 Å². The highest BCUT2D eigenvalue weighted by molar-refractivity contribution is 6.03. The Kier molecular flexibility index (Phi) is 3.67. The van der Waals surface area contributed by atoms with Gasteiger partial charge >= 0.3 is 0 Å². The van der Waals surface area contributed by atoms with Crippen molar-refractivity contribution in [2.75, 3.05) is 20.1 Å². The lowest BCUT2D eigenvalue weighted by atomic mass is 9.68. The lowest BCUT2D eigenvalue weighted by Crippen LogP contribution is -2.46. The number of carbonyl (C=O) groups is 2. The van der Waals surface area contributed by atoms with Gasteiger partial charge in [0, 0.05) is 18.9 Å². The number of ketones is 2. The van der Waals surface area contributed by atoms with Gasteiger partial charge in [0.15, 0.2) is 0 Å². The fourth-order valence-corrected chi connectivity index (χ4v) is 3.31. The van der Waals surface area contributed by atoms with Crippen molar-refractivity contribution in [2.24, 2.45) is 23.7 Å². The van der Waals surface area contributed by atoms with Gasteiger partial charge in [0.05, 0.1) is 5.92 Å². The first kappa shape index (κ1) is 12.7. The molecule has 0 bridgehead atoms. The van der Waals surface area contributed by atoms with E-state index in [9.17, 15) is 9.59 Å². The summed E-state index contributed by atoms with van der Waals surface area (Å²) in [6, 6.07) is 0. The van der Waals surface area contributed by atoms with Gasteiger partial charge in [-0.1, -0.05) is 13.8 Å². The van der Waals surface area contributed by atoms with Crippen LogP contribution in [0.4, 0.5) is 0 Å². The molecule has 96 valence electrons. The summed E-state index contributed by atoms with van der Waals surface area (Å²) in [5.74, 6) is 1.13. The van der Waals surface area contributed by atoms with Gasteiger partial charge in [-0.3, -0.25) is 9.59 Å². The third-order valence-corrected chi connectivity index (χ3v) is 4.40. The normalized spacial score (nSPS) is 34.8. The van der Waals surface area contributed by atoms with Crippen LogP contribution in [0, 0.1) is 23.7 Å². The minimum atomic E-state index is -0.303. The van der Waals surface area contributed by atoms with E-state index < -0.39 is 0 Å². The van der Waals surface area contributed by atoms with Crippen LogP contribution in [-0.2, 0) is 9.59 Å². The van der Waals surface area contributed by atoms with E-state index in [4.69, 9.17) is 0 Å². The Labute approximate surface area is 104 Å². The number of carbonyl (C=O) groups excluding carboxylic acids is 2. The van der Waals surface area contributed by atoms with Crippen LogP contribution in [-0.4, -0.2) is 36.6 Å². The van der Waals surface area contributed by atoms with Crippen LogP contribution < -0.4 is 0 Å². The molecule has 0 aromatic rings. The number of Topliss-reactive ketones (excluding diaryl/α,β-unsaturated/α-hetero) is 2. The molecule has 1 unspecified atom stereocenters. The summed E-state index contributed by atoms with van der Waals surface area (Å²) in [5, 5.41) is 0. The minimum Gasteiger partial charge on any atom is -0.306 e. The van der Waals surface area contributed by atoms with Gasteiger partial charge in [-0.05, 0) is 38.3 Å². The van der Waals surface area contributed by atoms with E-state index in [1.165, 1.54) is 0 Å². The standard InChI is InChI=1S/C14H23NO2/c1-9(2)14(17)12-6-11-8-15(3)5-4-10(11)7-13(12)16/h9-12H,4-8H2,1-3H3/t10-,11+,12?/m0/s1. The van der Waals surface area contributed by atoms with Crippen LogP contribution in [0.15, 0.2) is 0 Å². The molecule has 2 fully saturated rings. The van der Waals surface area contributed by atoms with E-state index in [1.54, 1.807) is 0 Å². The number of likely N-dealkylation sites (tertiary alicyclic amines) is 1. The highest BCUT2D eigenvalue weighted by Crippen LogP contribution is 2.37. The van der Waals surface area contributed by atoms with Crippen LogP contribution >= 0.6 is 0 Å². The van der Waals surface area contributed by atoms with E-state index in [0.717, 1.165) is 25.9 Å². The van der Waals surface area contributed by atoms with Crippen LogP contribution in [0.1, 0.15) is 33.1 Å². The topological polar surface area (TPSA) is 37.4 Å². The van der Waals surface area contributed by atoms with Gasteiger partial charge in [-0.25, -0.2) is 0 Å². The Bertz CT molecular complexity index is 324. The minimum absolute atomic E-state index is 0.0122. The van der Waals surface area contributed by atoms with Crippen molar-refractivity contribution in [2.45, 2.75) is 33.1 Å². The molecule has 0 spiro atoms. The zero-order valence-electron chi connectivity index (χ0n) is 11.1. The summed E-state index contributed by atoms with van der Waals surface area (Å²) < 4.78 is 0.